The number of amides is 1. The fourth-order valence-corrected chi connectivity index (χ4v) is 1.48. The molecule has 2 unspecified atom stereocenters. The van der Waals surface area contributed by atoms with Crippen LogP contribution in [0.25, 0.3) is 0 Å². The predicted octanol–water partition coefficient (Wildman–Crippen LogP) is -0.874. The van der Waals surface area contributed by atoms with Gasteiger partial charge in [-0.2, -0.15) is 0 Å². The number of carbonyl (C=O) groups excluding carboxylic acids is 1. The molecule has 0 radical (unpaired) electrons. The molecule has 82 valence electrons. The molecule has 0 bridgehead atoms. The molecule has 1 heterocycles. The molecule has 1 fully saturated rings. The zero-order valence-corrected chi connectivity index (χ0v) is 8.71. The molecule has 1 aliphatic rings. The first kappa shape index (κ1) is 11.4. The van der Waals surface area contributed by atoms with Crippen molar-refractivity contribution in [3.8, 4) is 0 Å². The molecule has 0 aromatic rings. The fourth-order valence-electron chi connectivity index (χ4n) is 1.48. The Bertz CT molecular complexity index is 187. The molecule has 1 aliphatic heterocycles. The lowest BCUT2D eigenvalue weighted by atomic mass is 10.2. The van der Waals surface area contributed by atoms with Crippen LogP contribution >= 0.6 is 0 Å². The Morgan fingerprint density at radius 3 is 2.93 bits per heavy atom. The summed E-state index contributed by atoms with van der Waals surface area (Å²) in [5, 5.41) is 5.89. The first-order chi connectivity index (χ1) is 6.77. The topological polar surface area (TPSA) is 59.6 Å². The van der Waals surface area contributed by atoms with Crippen LogP contribution in [0.2, 0.25) is 0 Å². The molecule has 14 heavy (non-hydrogen) atoms. The summed E-state index contributed by atoms with van der Waals surface area (Å²) in [6.45, 7) is 1.86. The van der Waals surface area contributed by atoms with Gasteiger partial charge < -0.3 is 20.1 Å². The summed E-state index contributed by atoms with van der Waals surface area (Å²) in [5.41, 5.74) is 0. The first-order valence-corrected chi connectivity index (χ1v) is 4.80. The molecule has 0 aromatic carbocycles. The number of nitrogens with one attached hydrogen (secondary N) is 2. The molecule has 0 aromatic heterocycles. The van der Waals surface area contributed by atoms with Gasteiger partial charge in [-0.15, -0.1) is 0 Å². The van der Waals surface area contributed by atoms with Crippen molar-refractivity contribution in [1.82, 2.24) is 10.6 Å². The van der Waals surface area contributed by atoms with E-state index in [1.807, 2.05) is 0 Å². The number of methoxy groups -OCH3 is 2. The Morgan fingerprint density at radius 1 is 1.57 bits per heavy atom. The van der Waals surface area contributed by atoms with Crippen molar-refractivity contribution >= 4 is 5.91 Å². The molecular formula is C9H18N2O3. The highest BCUT2D eigenvalue weighted by Crippen LogP contribution is 2.08. The molecule has 2 atom stereocenters. The summed E-state index contributed by atoms with van der Waals surface area (Å²) in [7, 11) is 3.28. The fraction of sp³-hybridized carbons (Fsp3) is 0.889. The lowest BCUT2D eigenvalue weighted by molar-refractivity contribution is -0.123. The van der Waals surface area contributed by atoms with Crippen LogP contribution in [-0.2, 0) is 14.3 Å². The van der Waals surface area contributed by atoms with Crippen molar-refractivity contribution in [2.45, 2.75) is 18.6 Å². The maximum Gasteiger partial charge on any atom is 0.237 e. The molecule has 0 aliphatic carbocycles. The standard InChI is InChI=1S/C9H18N2O3/c1-13-4-3-10-9(12)8-5-7(14-2)6-11-8/h7-8,11H,3-6H2,1-2H3,(H,10,12). The molecule has 2 N–H and O–H groups in total. The van der Waals surface area contributed by atoms with Gasteiger partial charge in [0, 0.05) is 27.3 Å². The van der Waals surface area contributed by atoms with Crippen molar-refractivity contribution < 1.29 is 14.3 Å². The molecule has 5 heteroatoms. The third-order valence-corrected chi connectivity index (χ3v) is 2.35. The Labute approximate surface area is 84.1 Å². The van der Waals surface area contributed by atoms with E-state index in [1.165, 1.54) is 0 Å². The van der Waals surface area contributed by atoms with Gasteiger partial charge in [-0.3, -0.25) is 4.79 Å². The quantitative estimate of drug-likeness (QED) is 0.569. The van der Waals surface area contributed by atoms with Crippen LogP contribution in [0.4, 0.5) is 0 Å². The monoisotopic (exact) mass is 202 g/mol. The number of carbonyl (C=O) groups is 1. The molecule has 0 saturated carbocycles. The SMILES string of the molecule is COCCNC(=O)C1CC(OC)CN1. The van der Waals surface area contributed by atoms with E-state index >= 15 is 0 Å². The largest absolute Gasteiger partial charge is 0.383 e. The van der Waals surface area contributed by atoms with Gasteiger partial charge in [0.2, 0.25) is 5.91 Å². The summed E-state index contributed by atoms with van der Waals surface area (Å²) in [4.78, 5) is 11.5. The minimum absolute atomic E-state index is 0.0293. The van der Waals surface area contributed by atoms with Crippen LogP contribution < -0.4 is 10.6 Å². The van der Waals surface area contributed by atoms with Gasteiger partial charge in [0.15, 0.2) is 0 Å². The Kier molecular flexibility index (Phi) is 4.86. The summed E-state index contributed by atoms with van der Waals surface area (Å²) in [6, 6.07) is -0.114. The minimum atomic E-state index is -0.114. The smallest absolute Gasteiger partial charge is 0.237 e. The maximum absolute atomic E-state index is 11.5. The van der Waals surface area contributed by atoms with E-state index in [2.05, 4.69) is 10.6 Å². The van der Waals surface area contributed by atoms with Gasteiger partial charge in [-0.25, -0.2) is 0 Å². The Morgan fingerprint density at radius 2 is 2.36 bits per heavy atom. The lowest BCUT2D eigenvalue weighted by Gasteiger charge is -2.10. The van der Waals surface area contributed by atoms with Crippen LogP contribution in [0.1, 0.15) is 6.42 Å². The first-order valence-electron chi connectivity index (χ1n) is 4.80. The molecule has 1 amide bonds. The van der Waals surface area contributed by atoms with E-state index in [-0.39, 0.29) is 18.1 Å². The second kappa shape index (κ2) is 5.95. The second-order valence-electron chi connectivity index (χ2n) is 3.34. The highest BCUT2D eigenvalue weighted by molar-refractivity contribution is 5.82. The van der Waals surface area contributed by atoms with Crippen LogP contribution in [0.5, 0.6) is 0 Å². The van der Waals surface area contributed by atoms with E-state index in [0.29, 0.717) is 13.2 Å². The van der Waals surface area contributed by atoms with Gasteiger partial charge in [-0.05, 0) is 6.42 Å². The predicted molar refractivity (Wildman–Crippen MR) is 52.1 cm³/mol. The van der Waals surface area contributed by atoms with Crippen molar-refractivity contribution in [3.05, 3.63) is 0 Å². The van der Waals surface area contributed by atoms with Gasteiger partial charge in [0.1, 0.15) is 0 Å². The van der Waals surface area contributed by atoms with E-state index in [9.17, 15) is 4.79 Å². The lowest BCUT2D eigenvalue weighted by Crippen LogP contribution is -2.41. The van der Waals surface area contributed by atoms with Gasteiger partial charge in [0.25, 0.3) is 0 Å². The highest BCUT2D eigenvalue weighted by atomic mass is 16.5. The van der Waals surface area contributed by atoms with Gasteiger partial charge in [-0.1, -0.05) is 0 Å². The summed E-state index contributed by atoms with van der Waals surface area (Å²) < 4.78 is 9.99. The third-order valence-electron chi connectivity index (χ3n) is 2.35. The number of hydrogen-bond donors (Lipinski definition) is 2. The van der Waals surface area contributed by atoms with Crippen molar-refractivity contribution in [3.63, 3.8) is 0 Å². The normalized spacial score (nSPS) is 26.4. The number of rotatable bonds is 5. The van der Waals surface area contributed by atoms with Gasteiger partial charge in [0.05, 0.1) is 18.8 Å². The van der Waals surface area contributed by atoms with E-state index < -0.39 is 0 Å². The third kappa shape index (κ3) is 3.25. The molecule has 1 rings (SSSR count). The average Bonchev–Trinajstić information content (AvgIpc) is 2.66. The highest BCUT2D eigenvalue weighted by Gasteiger charge is 2.28. The van der Waals surface area contributed by atoms with Crippen LogP contribution in [0, 0.1) is 0 Å². The van der Waals surface area contributed by atoms with Crippen LogP contribution in [0.3, 0.4) is 0 Å². The van der Waals surface area contributed by atoms with Crippen molar-refractivity contribution in [1.29, 1.82) is 0 Å². The molecule has 1 saturated heterocycles. The van der Waals surface area contributed by atoms with E-state index in [1.54, 1.807) is 14.2 Å². The summed E-state index contributed by atoms with van der Waals surface area (Å²) >= 11 is 0. The van der Waals surface area contributed by atoms with Crippen LogP contribution in [0.15, 0.2) is 0 Å². The van der Waals surface area contributed by atoms with Crippen molar-refractivity contribution in [2.24, 2.45) is 0 Å². The minimum Gasteiger partial charge on any atom is -0.383 e. The Hall–Kier alpha value is -0.650. The molecular weight excluding hydrogens is 184 g/mol. The number of hydrogen-bond acceptors (Lipinski definition) is 4. The molecule has 5 nitrogen and oxygen atoms in total. The van der Waals surface area contributed by atoms with Crippen molar-refractivity contribution in [2.75, 3.05) is 33.9 Å². The van der Waals surface area contributed by atoms with Gasteiger partial charge >= 0.3 is 0 Å². The summed E-state index contributed by atoms with van der Waals surface area (Å²) in [6.07, 6.45) is 0.906. The maximum atomic E-state index is 11.5. The average molecular weight is 202 g/mol. The van der Waals surface area contributed by atoms with E-state index in [4.69, 9.17) is 9.47 Å². The molecule has 0 spiro atoms. The van der Waals surface area contributed by atoms with E-state index in [0.717, 1.165) is 13.0 Å². The zero-order chi connectivity index (χ0) is 10.4. The summed E-state index contributed by atoms with van der Waals surface area (Å²) in [5.74, 6) is 0.0293. The second-order valence-corrected chi connectivity index (χ2v) is 3.34. The van der Waals surface area contributed by atoms with Crippen LogP contribution in [-0.4, -0.2) is 52.0 Å². The Balaban J connectivity index is 2.18. The zero-order valence-electron chi connectivity index (χ0n) is 8.71. The number of ether oxygens (including phenoxy) is 2.